The summed E-state index contributed by atoms with van der Waals surface area (Å²) in [5.74, 6) is -4.18. The second kappa shape index (κ2) is 23.1. The first-order valence-electron chi connectivity index (χ1n) is 19.4. The van der Waals surface area contributed by atoms with Crippen LogP contribution in [0.2, 0.25) is 10.0 Å². The van der Waals surface area contributed by atoms with Crippen LogP contribution >= 0.6 is 58.0 Å². The number of azo groups is 2. The second-order valence-corrected chi connectivity index (χ2v) is 16.5. The van der Waals surface area contributed by atoms with Gasteiger partial charge in [0, 0.05) is 23.1 Å². The van der Waals surface area contributed by atoms with Crippen molar-refractivity contribution >= 4 is 127 Å². The third-order valence-corrected chi connectivity index (χ3v) is 10.5. The number of anilines is 4. The molecule has 15 nitrogen and oxygen atoms in total. The Morgan fingerprint density at radius 2 is 0.969 bits per heavy atom. The summed E-state index contributed by atoms with van der Waals surface area (Å²) in [5.41, 5.74) is 3.28. The Morgan fingerprint density at radius 3 is 1.37 bits per heavy atom. The minimum atomic E-state index is -1.64. The Morgan fingerprint density at radius 1 is 0.554 bits per heavy atom. The van der Waals surface area contributed by atoms with Gasteiger partial charge in [-0.15, -0.1) is 23.2 Å². The van der Waals surface area contributed by atoms with Crippen molar-refractivity contribution in [2.75, 3.05) is 27.3 Å². The van der Waals surface area contributed by atoms with E-state index >= 15 is 0 Å². The summed E-state index contributed by atoms with van der Waals surface area (Å²) in [6.45, 7) is 5.95. The van der Waals surface area contributed by atoms with E-state index in [1.807, 2.05) is 13.8 Å². The molecule has 0 spiro atoms. The minimum absolute atomic E-state index is 0.0249. The van der Waals surface area contributed by atoms with Gasteiger partial charge in [0.05, 0.1) is 49.0 Å². The number of carbonyl (C=O) groups is 6. The van der Waals surface area contributed by atoms with Crippen LogP contribution in [-0.4, -0.2) is 53.3 Å². The van der Waals surface area contributed by atoms with Crippen molar-refractivity contribution in [3.63, 3.8) is 0 Å². The SMILES string of the molecule is CC(=O)C(N=Nc1ccc(Cl)c(C(=O)Nc2ccc(C(C)Cl)cc2)c1)C(=O)Nc1ccc(NC(=O)C(N=Nc2ccc(Cl)c(C(=O)Nc3ccc(C(C)Cl)cc3)c2)C(C)=O)c(OCCl)c1. The van der Waals surface area contributed by atoms with Crippen LogP contribution in [0.15, 0.2) is 124 Å². The fraction of sp³-hybridized carbons (Fsp3) is 0.200. The molecule has 4 N–H and O–H groups in total. The summed E-state index contributed by atoms with van der Waals surface area (Å²) < 4.78 is 5.49. The molecule has 0 heterocycles. The molecule has 4 amide bonds. The maximum atomic E-state index is 13.4. The molecule has 65 heavy (non-hydrogen) atoms. The van der Waals surface area contributed by atoms with Crippen molar-refractivity contribution in [3.05, 3.63) is 135 Å². The predicted molar refractivity (Wildman–Crippen MR) is 253 cm³/mol. The number of nitrogens with one attached hydrogen (secondary N) is 4. The van der Waals surface area contributed by atoms with Gasteiger partial charge in [0.1, 0.15) is 5.75 Å². The van der Waals surface area contributed by atoms with Crippen LogP contribution in [0.3, 0.4) is 0 Å². The molecule has 0 aromatic heterocycles. The lowest BCUT2D eigenvalue weighted by molar-refractivity contribution is -0.127. The van der Waals surface area contributed by atoms with E-state index in [0.29, 0.717) is 11.4 Å². The van der Waals surface area contributed by atoms with Crippen LogP contribution < -0.4 is 26.0 Å². The number of amides is 4. The fourth-order valence-corrected chi connectivity index (χ4v) is 6.55. The lowest BCUT2D eigenvalue weighted by atomic mass is 10.1. The number of Topliss-reactive ketones (excluding diaryl/α,β-unsaturated/α-hetero) is 2. The van der Waals surface area contributed by atoms with Crippen LogP contribution in [0.1, 0.15) is 70.3 Å². The number of benzene rings is 5. The molecule has 4 unspecified atom stereocenters. The number of nitrogens with zero attached hydrogens (tertiary/aromatic N) is 4. The maximum Gasteiger partial charge on any atom is 0.258 e. The molecule has 20 heteroatoms. The minimum Gasteiger partial charge on any atom is -0.476 e. The van der Waals surface area contributed by atoms with Crippen LogP contribution in [0.25, 0.3) is 0 Å². The van der Waals surface area contributed by atoms with Crippen molar-refractivity contribution in [1.82, 2.24) is 0 Å². The highest BCUT2D eigenvalue weighted by molar-refractivity contribution is 6.35. The van der Waals surface area contributed by atoms with E-state index in [1.54, 1.807) is 48.5 Å². The quantitative estimate of drug-likeness (QED) is 0.0379. The molecule has 0 aliphatic rings. The van der Waals surface area contributed by atoms with Gasteiger partial charge in [-0.25, -0.2) is 0 Å². The number of halogens is 5. The fourth-order valence-electron chi connectivity index (χ4n) is 5.74. The van der Waals surface area contributed by atoms with Crippen LogP contribution in [0, 0.1) is 0 Å². The molecule has 0 bridgehead atoms. The summed E-state index contributed by atoms with van der Waals surface area (Å²) in [7, 11) is 0. The van der Waals surface area contributed by atoms with E-state index in [1.165, 1.54) is 54.6 Å². The van der Waals surface area contributed by atoms with Gasteiger partial charge in [-0.3, -0.25) is 28.8 Å². The Bertz CT molecular complexity index is 2660. The van der Waals surface area contributed by atoms with Crippen molar-refractivity contribution in [3.8, 4) is 5.75 Å². The molecule has 5 rings (SSSR count). The largest absolute Gasteiger partial charge is 0.476 e. The van der Waals surface area contributed by atoms with Crippen LogP contribution in [-0.2, 0) is 19.2 Å². The molecule has 0 fully saturated rings. The van der Waals surface area contributed by atoms with Gasteiger partial charge in [-0.05, 0) is 112 Å². The molecule has 4 atom stereocenters. The van der Waals surface area contributed by atoms with Crippen LogP contribution in [0.5, 0.6) is 5.75 Å². The molecule has 0 saturated heterocycles. The number of hydrogen-bond acceptors (Lipinski definition) is 11. The number of ketones is 2. The molecule has 0 radical (unpaired) electrons. The zero-order chi connectivity index (χ0) is 47.4. The van der Waals surface area contributed by atoms with E-state index in [9.17, 15) is 28.8 Å². The standard InChI is InChI=1S/C45H39Cl5N8O7/c1-23(47)27-5-9-29(10-6-27)51-42(61)34-19-32(13-16-36(34)49)55-57-40(25(3)59)44(63)53-31-15-18-38(39(21-31)65-22-46)54-45(64)41(26(4)60)58-56-33-14-17-37(50)35(20-33)43(62)52-30-11-7-28(8-12-30)24(2)48/h5-21,23-24,40-41H,22H2,1-4H3,(H,51,61)(H,52,62)(H,53,63)(H,54,64). The normalized spacial score (nSPS) is 13.1. The average molecular weight is 981 g/mol. The van der Waals surface area contributed by atoms with E-state index in [-0.39, 0.29) is 66.5 Å². The summed E-state index contributed by atoms with van der Waals surface area (Å²) in [6, 6.07) is 22.8. The molecular formula is C45H39Cl5N8O7. The van der Waals surface area contributed by atoms with Gasteiger partial charge in [0.25, 0.3) is 23.6 Å². The monoisotopic (exact) mass is 978 g/mol. The molecule has 0 saturated carbocycles. The Balaban J connectivity index is 1.26. The number of carbonyl (C=O) groups excluding carboxylic acids is 6. The van der Waals surface area contributed by atoms with E-state index in [0.717, 1.165) is 25.0 Å². The molecule has 0 aliphatic carbocycles. The van der Waals surface area contributed by atoms with Gasteiger partial charge in [-0.1, -0.05) is 59.1 Å². The number of ether oxygens (including phenoxy) is 1. The highest BCUT2D eigenvalue weighted by Crippen LogP contribution is 2.31. The zero-order valence-electron chi connectivity index (χ0n) is 34.9. The molecular weight excluding hydrogens is 942 g/mol. The highest BCUT2D eigenvalue weighted by Gasteiger charge is 2.26. The topological polar surface area (TPSA) is 209 Å². The highest BCUT2D eigenvalue weighted by atomic mass is 35.5. The summed E-state index contributed by atoms with van der Waals surface area (Å²) in [6.07, 6.45) is 0. The zero-order valence-corrected chi connectivity index (χ0v) is 38.6. The third kappa shape index (κ3) is 13.9. The predicted octanol–water partition coefficient (Wildman–Crippen LogP) is 12.0. The molecule has 5 aromatic rings. The number of rotatable bonds is 18. The van der Waals surface area contributed by atoms with Gasteiger partial charge < -0.3 is 26.0 Å². The average Bonchev–Trinajstić information content (AvgIpc) is 3.26. The third-order valence-electron chi connectivity index (χ3n) is 9.21. The first kappa shape index (κ1) is 49.8. The molecule has 5 aromatic carbocycles. The summed E-state index contributed by atoms with van der Waals surface area (Å²) in [5, 5.41) is 26.4. The lowest BCUT2D eigenvalue weighted by Crippen LogP contribution is -2.32. The maximum absolute atomic E-state index is 13.4. The number of hydrogen-bond donors (Lipinski definition) is 4. The van der Waals surface area contributed by atoms with Gasteiger partial charge in [-0.2, -0.15) is 20.5 Å². The van der Waals surface area contributed by atoms with Gasteiger partial charge >= 0.3 is 0 Å². The van der Waals surface area contributed by atoms with Gasteiger partial charge in [0.2, 0.25) is 12.1 Å². The molecule has 0 aliphatic heterocycles. The van der Waals surface area contributed by atoms with Crippen LogP contribution in [0.4, 0.5) is 34.1 Å². The Labute approximate surface area is 398 Å². The van der Waals surface area contributed by atoms with Gasteiger partial charge in [0.15, 0.2) is 17.6 Å². The summed E-state index contributed by atoms with van der Waals surface area (Å²) in [4.78, 5) is 78.1. The van der Waals surface area contributed by atoms with Crippen molar-refractivity contribution in [2.45, 2.75) is 50.5 Å². The first-order chi connectivity index (χ1) is 30.9. The molecule has 336 valence electrons. The number of alkyl halides is 3. The lowest BCUT2D eigenvalue weighted by Gasteiger charge is -2.15. The smallest absolute Gasteiger partial charge is 0.258 e. The van der Waals surface area contributed by atoms with E-state index in [4.69, 9.17) is 62.7 Å². The summed E-state index contributed by atoms with van der Waals surface area (Å²) >= 11 is 30.7. The Hall–Kier alpha value is -6.23. The Kier molecular flexibility index (Phi) is 17.7. The first-order valence-corrected chi connectivity index (χ1v) is 21.6. The van der Waals surface area contributed by atoms with E-state index < -0.39 is 47.3 Å². The van der Waals surface area contributed by atoms with E-state index in [2.05, 4.69) is 41.7 Å². The van der Waals surface area contributed by atoms with Crippen molar-refractivity contribution < 1.29 is 33.5 Å². The van der Waals surface area contributed by atoms with Crippen molar-refractivity contribution in [1.29, 1.82) is 0 Å². The second-order valence-electron chi connectivity index (χ2n) is 14.1. The van der Waals surface area contributed by atoms with Crippen molar-refractivity contribution in [2.24, 2.45) is 20.5 Å².